The van der Waals surface area contributed by atoms with Gasteiger partial charge in [0.1, 0.15) is 24.2 Å². The molecule has 0 bridgehead atoms. The molecule has 3 aromatic rings. The number of H-pyrrole nitrogens is 1. The number of para-hydroxylation sites is 2. The number of hydrogen-bond acceptors (Lipinski definition) is 7. The van der Waals surface area contributed by atoms with E-state index in [9.17, 15) is 14.4 Å². The van der Waals surface area contributed by atoms with E-state index in [0.29, 0.717) is 42.4 Å². The Kier molecular flexibility index (Phi) is 10.8. The zero-order valence-electron chi connectivity index (χ0n) is 26.8. The summed E-state index contributed by atoms with van der Waals surface area (Å²) >= 11 is 0. The Morgan fingerprint density at radius 3 is 2.60 bits per heavy atom. The zero-order valence-corrected chi connectivity index (χ0v) is 27.8. The lowest BCUT2D eigenvalue weighted by molar-refractivity contribution is -0.120. The molecule has 45 heavy (non-hydrogen) atoms. The van der Waals surface area contributed by atoms with Crippen LogP contribution in [-0.2, 0) is 20.4 Å². The second-order valence-corrected chi connectivity index (χ2v) is 17.3. The molecule has 0 saturated heterocycles. The van der Waals surface area contributed by atoms with E-state index in [4.69, 9.17) is 9.16 Å². The summed E-state index contributed by atoms with van der Waals surface area (Å²) in [7, 11) is -0.0986. The number of unbranched alkanes of at least 4 members (excludes halogenated alkanes) is 1. The van der Waals surface area contributed by atoms with Gasteiger partial charge in [-0.05, 0) is 60.8 Å². The second kappa shape index (κ2) is 14.5. The van der Waals surface area contributed by atoms with Crippen molar-refractivity contribution in [3.05, 3.63) is 71.3 Å². The van der Waals surface area contributed by atoms with Crippen LogP contribution in [0.1, 0.15) is 61.2 Å². The maximum atomic E-state index is 12.9. The van der Waals surface area contributed by atoms with E-state index >= 15 is 0 Å². The van der Waals surface area contributed by atoms with Crippen LogP contribution in [0.25, 0.3) is 0 Å². The molecule has 1 aromatic heterocycles. The molecule has 4 rings (SSSR count). The van der Waals surface area contributed by atoms with Crippen molar-refractivity contribution in [3.63, 3.8) is 0 Å². The number of carbonyl (C=O) groups is 3. The molecule has 0 saturated carbocycles. The van der Waals surface area contributed by atoms with Crippen molar-refractivity contribution in [2.75, 3.05) is 31.7 Å². The largest absolute Gasteiger partial charge is 0.489 e. The predicted octanol–water partition coefficient (Wildman–Crippen LogP) is 3.82. The Bertz CT molecular complexity index is 1570. The molecule has 3 amide bonds. The van der Waals surface area contributed by atoms with Crippen LogP contribution in [0.15, 0.2) is 48.5 Å². The van der Waals surface area contributed by atoms with E-state index in [1.54, 1.807) is 19.2 Å². The van der Waals surface area contributed by atoms with E-state index in [0.717, 1.165) is 18.4 Å². The third kappa shape index (κ3) is 9.03. The first-order valence-corrected chi connectivity index (χ1v) is 18.0. The molecule has 2 aromatic carbocycles. The molecule has 2 heterocycles. The topological polar surface area (TPSA) is 139 Å². The van der Waals surface area contributed by atoms with Gasteiger partial charge in [0.25, 0.3) is 17.7 Å². The van der Waals surface area contributed by atoms with Crippen LogP contribution in [-0.4, -0.2) is 74.1 Å². The van der Waals surface area contributed by atoms with E-state index in [1.807, 2.05) is 36.4 Å². The number of amides is 3. The van der Waals surface area contributed by atoms with Gasteiger partial charge in [-0.3, -0.25) is 19.5 Å². The minimum atomic E-state index is -1.74. The van der Waals surface area contributed by atoms with Crippen LogP contribution in [0.5, 0.6) is 5.75 Å². The molecule has 11 nitrogen and oxygen atoms in total. The number of nitrogens with one attached hydrogen (secondary N) is 3. The number of ether oxygens (including phenoxy) is 1. The molecule has 12 heteroatoms. The van der Waals surface area contributed by atoms with Crippen molar-refractivity contribution in [1.29, 1.82) is 0 Å². The fourth-order valence-corrected chi connectivity index (χ4v) is 5.39. The number of likely N-dealkylation sites (N-methyl/N-ethyl adjacent to an activating group) is 1. The van der Waals surface area contributed by atoms with Gasteiger partial charge in [-0.1, -0.05) is 51.0 Å². The highest BCUT2D eigenvalue weighted by Gasteiger charge is 2.36. The summed E-state index contributed by atoms with van der Waals surface area (Å²) in [5.74, 6) is 5.31. The van der Waals surface area contributed by atoms with E-state index in [2.05, 4.69) is 71.5 Å². The summed E-state index contributed by atoms with van der Waals surface area (Å²) in [6, 6.07) is 13.7. The van der Waals surface area contributed by atoms with Crippen molar-refractivity contribution >= 4 is 31.7 Å². The number of fused-ring (bicyclic) bond motifs is 1. The monoisotopic (exact) mass is 630 g/mol. The summed E-state index contributed by atoms with van der Waals surface area (Å²) < 4.78 is 11.9. The van der Waals surface area contributed by atoms with Crippen LogP contribution in [0.3, 0.4) is 0 Å². The highest BCUT2D eigenvalue weighted by Crippen LogP contribution is 2.36. The van der Waals surface area contributed by atoms with Crippen molar-refractivity contribution < 1.29 is 23.5 Å². The summed E-state index contributed by atoms with van der Waals surface area (Å²) in [5, 5.41) is 12.5. The van der Waals surface area contributed by atoms with Gasteiger partial charge in [-0.25, -0.2) is 4.98 Å². The highest BCUT2D eigenvalue weighted by molar-refractivity contribution is 6.74. The molecule has 1 aliphatic heterocycles. The Hall–Kier alpha value is -4.47. The Morgan fingerprint density at radius 2 is 1.87 bits per heavy atom. The van der Waals surface area contributed by atoms with Gasteiger partial charge in [-0.2, -0.15) is 0 Å². The quantitative estimate of drug-likeness (QED) is 0.176. The molecule has 0 radical (unpaired) electrons. The number of aromatic amines is 1. The van der Waals surface area contributed by atoms with Crippen molar-refractivity contribution in [1.82, 2.24) is 25.8 Å². The first kappa shape index (κ1) is 33.4. The summed E-state index contributed by atoms with van der Waals surface area (Å²) in [6.45, 7) is 12.4. The van der Waals surface area contributed by atoms with Crippen LogP contribution in [0.4, 0.5) is 5.69 Å². The highest BCUT2D eigenvalue weighted by atomic mass is 28.4. The Balaban J connectivity index is 1.21. The first-order valence-electron chi connectivity index (χ1n) is 15.1. The van der Waals surface area contributed by atoms with Crippen LogP contribution >= 0.6 is 0 Å². The minimum absolute atomic E-state index is 0.00679. The zero-order chi connectivity index (χ0) is 32.6. The van der Waals surface area contributed by atoms with Crippen molar-refractivity contribution in [2.24, 2.45) is 0 Å². The van der Waals surface area contributed by atoms with Crippen molar-refractivity contribution in [3.8, 4) is 17.6 Å². The molecule has 238 valence electrons. The predicted molar refractivity (Wildman–Crippen MR) is 175 cm³/mol. The standard InChI is InChI=1S/C33H42N6O5Si/c1-33(2,3)45(5,6)44-20-10-9-19-34-29(40)18-17-23-13-15-24(16-14-23)21-28-36-30(38-37-28)31(41)35-25-22-43-27-12-8-7-11-26(27)39(4)32(25)42/h7-8,11-16,25H,9-10,19-22H2,1-6H3,(H,34,40)(H,35,41)(H,36,37,38)/t25-/m0/s1. The maximum absolute atomic E-state index is 12.9. The maximum Gasteiger partial charge on any atom is 0.296 e. The lowest BCUT2D eigenvalue weighted by Crippen LogP contribution is -2.49. The van der Waals surface area contributed by atoms with Gasteiger partial charge in [-0.15, -0.1) is 5.10 Å². The smallest absolute Gasteiger partial charge is 0.296 e. The average Bonchev–Trinajstić information content (AvgIpc) is 3.43. The third-order valence-corrected chi connectivity index (χ3v) is 12.6. The third-order valence-electron chi connectivity index (χ3n) is 8.07. The minimum Gasteiger partial charge on any atom is -0.489 e. The van der Waals surface area contributed by atoms with E-state index in [1.165, 1.54) is 4.90 Å². The number of nitrogens with zero attached hydrogens (tertiary/aromatic N) is 3. The number of hydrogen-bond donors (Lipinski definition) is 3. The average molecular weight is 631 g/mol. The number of anilines is 1. The summed E-state index contributed by atoms with van der Waals surface area (Å²) in [5.41, 5.74) is 2.25. The molecular formula is C33H42N6O5Si. The van der Waals surface area contributed by atoms with Crippen LogP contribution in [0.2, 0.25) is 18.1 Å². The normalized spacial score (nSPS) is 14.8. The second-order valence-electron chi connectivity index (χ2n) is 12.5. The van der Waals surface area contributed by atoms with Gasteiger partial charge in [0, 0.05) is 38.1 Å². The number of aromatic nitrogens is 3. The molecule has 1 aliphatic rings. The van der Waals surface area contributed by atoms with E-state index in [-0.39, 0.29) is 29.3 Å². The molecule has 0 spiro atoms. The molecule has 0 unspecified atom stereocenters. The lowest BCUT2D eigenvalue weighted by Gasteiger charge is -2.36. The summed E-state index contributed by atoms with van der Waals surface area (Å²) in [6.07, 6.45) is 2.12. The van der Waals surface area contributed by atoms with Crippen LogP contribution in [0, 0.1) is 11.8 Å². The van der Waals surface area contributed by atoms with E-state index < -0.39 is 20.3 Å². The molecular weight excluding hydrogens is 588 g/mol. The first-order chi connectivity index (χ1) is 21.3. The number of rotatable bonds is 10. The fraction of sp³-hybridized carbons (Fsp3) is 0.424. The Morgan fingerprint density at radius 1 is 1.13 bits per heavy atom. The van der Waals surface area contributed by atoms with Gasteiger partial charge in [0.15, 0.2) is 8.32 Å². The summed E-state index contributed by atoms with van der Waals surface area (Å²) in [4.78, 5) is 43.7. The van der Waals surface area contributed by atoms with Crippen molar-refractivity contribution in [2.45, 2.75) is 64.2 Å². The fourth-order valence-electron chi connectivity index (χ4n) is 4.30. The Labute approximate surface area is 265 Å². The number of benzene rings is 2. The SMILES string of the molecule is CN1C(=O)[C@@H](NC(=O)c2n[nH]c(Cc3ccc(C#CC(=O)NCCCCO[Si](C)(C)C(C)(C)C)cc3)n2)COc2ccccc21. The van der Waals surface area contributed by atoms with Gasteiger partial charge in [0.2, 0.25) is 5.82 Å². The molecule has 0 fully saturated rings. The molecule has 0 aliphatic carbocycles. The van der Waals surface area contributed by atoms with Gasteiger partial charge in [0.05, 0.1) is 5.69 Å². The van der Waals surface area contributed by atoms with Gasteiger partial charge < -0.3 is 24.7 Å². The number of carbonyl (C=O) groups excluding carboxylic acids is 3. The van der Waals surface area contributed by atoms with Crippen LogP contribution < -0.4 is 20.3 Å². The lowest BCUT2D eigenvalue weighted by atomic mass is 10.1. The molecule has 1 atom stereocenters. The van der Waals surface area contributed by atoms with Gasteiger partial charge >= 0.3 is 0 Å². The molecule has 3 N–H and O–H groups in total.